The van der Waals surface area contributed by atoms with Gasteiger partial charge in [0, 0.05) is 16.5 Å². The van der Waals surface area contributed by atoms with Crippen LogP contribution >= 0.6 is 0 Å². The number of aromatic nitrogens is 1. The van der Waals surface area contributed by atoms with E-state index < -0.39 is 0 Å². The molecule has 1 aromatic heterocycles. The number of hydrogen-bond acceptors (Lipinski definition) is 0. The molecule has 290 valence electrons. The van der Waals surface area contributed by atoms with Crippen molar-refractivity contribution in [1.82, 2.24) is 4.57 Å². The van der Waals surface area contributed by atoms with E-state index in [0.29, 0.717) is 0 Å². The predicted octanol–water partition coefficient (Wildman–Crippen LogP) is 16.9. The molecule has 0 bridgehead atoms. The number of fused-ring (bicyclic) bond motifs is 9. The lowest BCUT2D eigenvalue weighted by molar-refractivity contribution is 1.18. The second-order valence-electron chi connectivity index (χ2n) is 16.6. The minimum absolute atomic E-state index is 1.13. The predicted molar refractivity (Wildman–Crippen MR) is 265 cm³/mol. The van der Waals surface area contributed by atoms with E-state index in [0.717, 1.165) is 5.69 Å². The third-order valence-electron chi connectivity index (χ3n) is 12.8. The largest absolute Gasteiger partial charge is 0.309 e. The number of rotatable bonds is 6. The van der Waals surface area contributed by atoms with Gasteiger partial charge in [0.1, 0.15) is 0 Å². The highest BCUT2D eigenvalue weighted by Gasteiger charge is 2.17. The van der Waals surface area contributed by atoms with E-state index in [2.05, 4.69) is 242 Å². The Balaban J connectivity index is 1.05. The van der Waals surface area contributed by atoms with Crippen molar-refractivity contribution in [1.29, 1.82) is 0 Å². The Kier molecular flexibility index (Phi) is 8.47. The molecule has 0 radical (unpaired) electrons. The highest BCUT2D eigenvalue weighted by molar-refractivity contribution is 6.26. The van der Waals surface area contributed by atoms with Gasteiger partial charge in [0.25, 0.3) is 0 Å². The Morgan fingerprint density at radius 1 is 0.226 bits per heavy atom. The SMILES string of the molecule is Cc1cccc(-c2ccc3c(c2)c2cc(-c4ccc5c6ccccc6c6ccccc6c5c4)ccc2n3-c2cccc(-c3cc(-c4ccccc4)cc(-c4ccccc4)c3)c2)c1. The van der Waals surface area contributed by atoms with Gasteiger partial charge in [0.2, 0.25) is 0 Å². The Labute approximate surface area is 361 Å². The maximum Gasteiger partial charge on any atom is 0.0541 e. The summed E-state index contributed by atoms with van der Waals surface area (Å²) in [7, 11) is 0. The van der Waals surface area contributed by atoms with Crippen LogP contribution in [0, 0.1) is 6.92 Å². The van der Waals surface area contributed by atoms with E-state index in [1.54, 1.807) is 0 Å². The maximum atomic E-state index is 2.46. The molecule has 12 aromatic rings. The quantitative estimate of drug-likeness (QED) is 0.148. The van der Waals surface area contributed by atoms with Gasteiger partial charge in [0.15, 0.2) is 0 Å². The molecule has 0 saturated carbocycles. The number of nitrogens with zero attached hydrogens (tertiary/aromatic N) is 1. The summed E-state index contributed by atoms with van der Waals surface area (Å²) in [6.45, 7) is 2.17. The molecule has 0 N–H and O–H groups in total. The van der Waals surface area contributed by atoms with E-state index in [4.69, 9.17) is 0 Å². The lowest BCUT2D eigenvalue weighted by Crippen LogP contribution is -1.95. The normalized spacial score (nSPS) is 11.6. The lowest BCUT2D eigenvalue weighted by atomic mass is 9.92. The number of benzene rings is 11. The summed E-state index contributed by atoms with van der Waals surface area (Å²) >= 11 is 0. The average Bonchev–Trinajstić information content (AvgIpc) is 3.67. The first kappa shape index (κ1) is 35.9. The standard InChI is InChI=1S/C61H41N/c1-40-14-12-19-43(32-40)46-27-30-60-58(38-46)59-39-47(45-26-29-56-54-24-9-8-22-52(54)53-23-10-11-25-55(53)57(56)37-45)28-31-61(59)62(60)51-21-13-20-44(36-51)50-34-48(41-15-4-2-5-16-41)33-49(35-50)42-17-6-3-7-18-42/h2-39H,1H3. The first-order chi connectivity index (χ1) is 30.6. The molecular weight excluding hydrogens is 747 g/mol. The Morgan fingerprint density at radius 2 is 0.613 bits per heavy atom. The van der Waals surface area contributed by atoms with Crippen LogP contribution in [0.25, 0.3) is 115 Å². The van der Waals surface area contributed by atoms with Crippen LogP contribution in [0.2, 0.25) is 0 Å². The maximum absolute atomic E-state index is 2.46. The molecule has 1 heteroatoms. The second kappa shape index (κ2) is 14.6. The summed E-state index contributed by atoms with van der Waals surface area (Å²) in [6, 6.07) is 85.0. The minimum Gasteiger partial charge on any atom is -0.309 e. The van der Waals surface area contributed by atoms with Crippen LogP contribution in [0.1, 0.15) is 5.56 Å². The van der Waals surface area contributed by atoms with Gasteiger partial charge < -0.3 is 4.57 Å². The molecule has 1 nitrogen and oxygen atoms in total. The number of hydrogen-bond donors (Lipinski definition) is 0. The van der Waals surface area contributed by atoms with E-state index in [-0.39, 0.29) is 0 Å². The van der Waals surface area contributed by atoms with Crippen LogP contribution in [0.3, 0.4) is 0 Å². The third kappa shape index (κ3) is 6.09. The van der Waals surface area contributed by atoms with Gasteiger partial charge in [-0.15, -0.1) is 0 Å². The molecule has 1 heterocycles. The van der Waals surface area contributed by atoms with Crippen LogP contribution in [0.4, 0.5) is 0 Å². The Bertz CT molecular complexity index is 3590. The van der Waals surface area contributed by atoms with E-state index >= 15 is 0 Å². The summed E-state index contributed by atoms with van der Waals surface area (Å²) in [4.78, 5) is 0. The molecule has 0 aliphatic heterocycles. The zero-order chi connectivity index (χ0) is 41.1. The fourth-order valence-corrected chi connectivity index (χ4v) is 9.79. The molecule has 11 aromatic carbocycles. The van der Waals surface area contributed by atoms with Gasteiger partial charge in [-0.05, 0) is 156 Å². The van der Waals surface area contributed by atoms with Gasteiger partial charge >= 0.3 is 0 Å². The molecule has 0 unspecified atom stereocenters. The van der Waals surface area contributed by atoms with Gasteiger partial charge in [-0.25, -0.2) is 0 Å². The molecular formula is C61H41N. The summed E-state index contributed by atoms with van der Waals surface area (Å²) in [5.41, 5.74) is 16.8. The molecule has 0 atom stereocenters. The van der Waals surface area contributed by atoms with Crippen molar-refractivity contribution >= 4 is 54.1 Å². The van der Waals surface area contributed by atoms with Crippen molar-refractivity contribution in [3.8, 4) is 61.3 Å². The highest BCUT2D eigenvalue weighted by Crippen LogP contribution is 2.41. The van der Waals surface area contributed by atoms with Crippen LogP contribution in [0.5, 0.6) is 0 Å². The van der Waals surface area contributed by atoms with Crippen molar-refractivity contribution < 1.29 is 0 Å². The van der Waals surface area contributed by atoms with E-state index in [1.807, 2.05) is 0 Å². The molecule has 0 saturated heterocycles. The monoisotopic (exact) mass is 787 g/mol. The van der Waals surface area contributed by atoms with Crippen molar-refractivity contribution in [3.63, 3.8) is 0 Å². The lowest BCUT2D eigenvalue weighted by Gasteiger charge is -2.14. The van der Waals surface area contributed by atoms with Crippen molar-refractivity contribution in [3.05, 3.63) is 236 Å². The Morgan fingerprint density at radius 3 is 1.15 bits per heavy atom. The summed E-state index contributed by atoms with van der Waals surface area (Å²) in [5, 5.41) is 10.2. The zero-order valence-corrected chi connectivity index (χ0v) is 34.4. The van der Waals surface area contributed by atoms with E-state index in [1.165, 1.54) is 115 Å². The zero-order valence-electron chi connectivity index (χ0n) is 34.4. The topological polar surface area (TPSA) is 4.93 Å². The summed E-state index contributed by atoms with van der Waals surface area (Å²) < 4.78 is 2.46. The molecule has 0 spiro atoms. The van der Waals surface area contributed by atoms with Gasteiger partial charge in [-0.2, -0.15) is 0 Å². The van der Waals surface area contributed by atoms with Gasteiger partial charge in [0.05, 0.1) is 11.0 Å². The molecule has 0 aliphatic carbocycles. The fourth-order valence-electron chi connectivity index (χ4n) is 9.79. The number of aryl methyl sites for hydroxylation is 1. The van der Waals surface area contributed by atoms with Gasteiger partial charge in [-0.3, -0.25) is 0 Å². The second-order valence-corrected chi connectivity index (χ2v) is 16.6. The molecule has 0 amide bonds. The molecule has 0 fully saturated rings. The minimum atomic E-state index is 1.13. The summed E-state index contributed by atoms with van der Waals surface area (Å²) in [6.07, 6.45) is 0. The van der Waals surface area contributed by atoms with Gasteiger partial charge in [-0.1, -0.05) is 175 Å². The summed E-state index contributed by atoms with van der Waals surface area (Å²) in [5.74, 6) is 0. The first-order valence-electron chi connectivity index (χ1n) is 21.5. The molecule has 62 heavy (non-hydrogen) atoms. The average molecular weight is 788 g/mol. The molecule has 12 rings (SSSR count). The van der Waals surface area contributed by atoms with Crippen LogP contribution in [-0.4, -0.2) is 4.57 Å². The highest BCUT2D eigenvalue weighted by atomic mass is 15.0. The molecule has 0 aliphatic rings. The van der Waals surface area contributed by atoms with Crippen molar-refractivity contribution in [2.24, 2.45) is 0 Å². The van der Waals surface area contributed by atoms with Crippen LogP contribution in [0.15, 0.2) is 231 Å². The Hall–Kier alpha value is -8.00. The fraction of sp³-hybridized carbons (Fsp3) is 0.0164. The van der Waals surface area contributed by atoms with Crippen LogP contribution in [-0.2, 0) is 0 Å². The van der Waals surface area contributed by atoms with E-state index in [9.17, 15) is 0 Å². The van der Waals surface area contributed by atoms with Crippen LogP contribution < -0.4 is 0 Å². The van der Waals surface area contributed by atoms with Crippen molar-refractivity contribution in [2.75, 3.05) is 0 Å². The van der Waals surface area contributed by atoms with Crippen molar-refractivity contribution in [2.45, 2.75) is 6.92 Å². The smallest absolute Gasteiger partial charge is 0.0541 e. The third-order valence-corrected chi connectivity index (χ3v) is 12.8. The first-order valence-corrected chi connectivity index (χ1v) is 21.5.